The zero-order valence-corrected chi connectivity index (χ0v) is 12.6. The van der Waals surface area contributed by atoms with Crippen LogP contribution in [0.25, 0.3) is 0 Å². The van der Waals surface area contributed by atoms with E-state index in [1.54, 1.807) is 18.2 Å². The topological polar surface area (TPSA) is 32.3 Å². The minimum Gasteiger partial charge on any atom is -0.348 e. The Kier molecular flexibility index (Phi) is 4.65. The van der Waals surface area contributed by atoms with Crippen molar-refractivity contribution in [3.05, 3.63) is 33.3 Å². The molecule has 1 heterocycles. The summed E-state index contributed by atoms with van der Waals surface area (Å²) >= 11 is 9.29. The molecule has 1 amide bonds. The van der Waals surface area contributed by atoms with Crippen LogP contribution in [-0.4, -0.2) is 37.0 Å². The Balaban J connectivity index is 2.02. The zero-order chi connectivity index (χ0) is 13.1. The average Bonchev–Trinajstić information content (AvgIpc) is 2.27. The number of amides is 1. The van der Waals surface area contributed by atoms with E-state index in [0.717, 1.165) is 30.4 Å². The molecule has 0 spiro atoms. The number of halogens is 2. The van der Waals surface area contributed by atoms with Crippen LogP contribution in [0.1, 0.15) is 23.2 Å². The van der Waals surface area contributed by atoms with Crippen molar-refractivity contribution in [2.45, 2.75) is 18.9 Å². The minimum absolute atomic E-state index is 0.0569. The number of piperidine rings is 1. The second-order valence-electron chi connectivity index (χ2n) is 4.73. The van der Waals surface area contributed by atoms with E-state index < -0.39 is 0 Å². The van der Waals surface area contributed by atoms with E-state index in [4.69, 9.17) is 11.6 Å². The van der Waals surface area contributed by atoms with Crippen molar-refractivity contribution in [3.63, 3.8) is 0 Å². The van der Waals surface area contributed by atoms with Crippen LogP contribution in [0, 0.1) is 0 Å². The molecule has 18 heavy (non-hydrogen) atoms. The van der Waals surface area contributed by atoms with E-state index in [1.807, 2.05) is 0 Å². The number of benzene rings is 1. The SMILES string of the molecule is CN1CCCC(NC(=O)c2cc(Cl)cc(Br)c2)C1. The summed E-state index contributed by atoms with van der Waals surface area (Å²) in [5.41, 5.74) is 0.600. The molecule has 3 nitrogen and oxygen atoms in total. The van der Waals surface area contributed by atoms with Crippen LogP contribution in [0.2, 0.25) is 5.02 Å². The van der Waals surface area contributed by atoms with Gasteiger partial charge in [0.1, 0.15) is 0 Å². The smallest absolute Gasteiger partial charge is 0.251 e. The lowest BCUT2D eigenvalue weighted by Gasteiger charge is -2.30. The van der Waals surface area contributed by atoms with E-state index in [9.17, 15) is 4.79 Å². The number of nitrogens with zero attached hydrogens (tertiary/aromatic N) is 1. The van der Waals surface area contributed by atoms with E-state index >= 15 is 0 Å². The van der Waals surface area contributed by atoms with Gasteiger partial charge in [0, 0.05) is 27.6 Å². The molecular formula is C13H16BrClN2O. The standard InChI is InChI=1S/C13H16BrClN2O/c1-17-4-2-3-12(8-17)16-13(18)9-5-10(14)7-11(15)6-9/h5-7,12H,2-4,8H2,1H3,(H,16,18). The van der Waals surface area contributed by atoms with Gasteiger partial charge in [-0.3, -0.25) is 4.79 Å². The van der Waals surface area contributed by atoms with Gasteiger partial charge in [0.05, 0.1) is 0 Å². The summed E-state index contributed by atoms with van der Waals surface area (Å²) in [5, 5.41) is 3.63. The first kappa shape index (κ1) is 13.8. The van der Waals surface area contributed by atoms with Gasteiger partial charge in [-0.1, -0.05) is 27.5 Å². The maximum Gasteiger partial charge on any atom is 0.251 e. The Morgan fingerprint density at radius 2 is 2.28 bits per heavy atom. The van der Waals surface area contributed by atoms with Gasteiger partial charge in [-0.25, -0.2) is 0 Å². The molecule has 1 aliphatic rings. The van der Waals surface area contributed by atoms with Gasteiger partial charge in [0.25, 0.3) is 5.91 Å². The number of carbonyl (C=O) groups is 1. The minimum atomic E-state index is -0.0569. The second-order valence-corrected chi connectivity index (χ2v) is 6.09. The summed E-state index contributed by atoms with van der Waals surface area (Å²) in [6, 6.07) is 5.48. The summed E-state index contributed by atoms with van der Waals surface area (Å²) in [5.74, 6) is -0.0569. The van der Waals surface area contributed by atoms with E-state index in [-0.39, 0.29) is 11.9 Å². The van der Waals surface area contributed by atoms with Crippen LogP contribution in [0.3, 0.4) is 0 Å². The molecule has 1 saturated heterocycles. The molecule has 1 fully saturated rings. The number of likely N-dealkylation sites (tertiary alicyclic amines) is 1. The quantitative estimate of drug-likeness (QED) is 0.904. The Morgan fingerprint density at radius 1 is 1.50 bits per heavy atom. The van der Waals surface area contributed by atoms with Gasteiger partial charge in [-0.15, -0.1) is 0 Å². The van der Waals surface area contributed by atoms with Crippen molar-refractivity contribution in [1.82, 2.24) is 10.2 Å². The lowest BCUT2D eigenvalue weighted by Crippen LogP contribution is -2.46. The van der Waals surface area contributed by atoms with Gasteiger partial charge in [-0.05, 0) is 44.6 Å². The molecule has 0 saturated carbocycles. The third kappa shape index (κ3) is 3.70. The lowest BCUT2D eigenvalue weighted by atomic mass is 10.1. The monoisotopic (exact) mass is 330 g/mol. The molecule has 1 aliphatic heterocycles. The highest BCUT2D eigenvalue weighted by molar-refractivity contribution is 9.10. The first-order valence-corrected chi connectivity index (χ1v) is 7.17. The highest BCUT2D eigenvalue weighted by atomic mass is 79.9. The zero-order valence-electron chi connectivity index (χ0n) is 10.2. The van der Waals surface area contributed by atoms with Crippen LogP contribution < -0.4 is 5.32 Å². The summed E-state index contributed by atoms with van der Waals surface area (Å²) < 4.78 is 0.820. The highest BCUT2D eigenvalue weighted by Crippen LogP contribution is 2.20. The average molecular weight is 332 g/mol. The van der Waals surface area contributed by atoms with Crippen LogP contribution >= 0.6 is 27.5 Å². The number of hydrogen-bond donors (Lipinski definition) is 1. The maximum atomic E-state index is 12.1. The predicted octanol–water partition coefficient (Wildman–Crippen LogP) is 2.93. The Morgan fingerprint density at radius 3 is 2.94 bits per heavy atom. The van der Waals surface area contributed by atoms with Crippen LogP contribution in [0.4, 0.5) is 0 Å². The summed E-state index contributed by atoms with van der Waals surface area (Å²) in [6.45, 7) is 2.02. The largest absolute Gasteiger partial charge is 0.348 e. The first-order chi connectivity index (χ1) is 8.54. The van der Waals surface area contributed by atoms with Gasteiger partial charge in [-0.2, -0.15) is 0 Å². The fraction of sp³-hybridized carbons (Fsp3) is 0.462. The number of hydrogen-bond acceptors (Lipinski definition) is 2. The van der Waals surface area contributed by atoms with Crippen LogP contribution in [-0.2, 0) is 0 Å². The molecular weight excluding hydrogens is 316 g/mol. The number of likely N-dealkylation sites (N-methyl/N-ethyl adjacent to an activating group) is 1. The molecule has 1 unspecified atom stereocenters. The molecule has 2 rings (SSSR count). The van der Waals surface area contributed by atoms with E-state index in [1.165, 1.54) is 0 Å². The molecule has 0 bridgehead atoms. The Bertz CT molecular complexity index is 432. The van der Waals surface area contributed by atoms with Gasteiger partial charge >= 0.3 is 0 Å². The van der Waals surface area contributed by atoms with Crippen molar-refractivity contribution in [2.75, 3.05) is 20.1 Å². The lowest BCUT2D eigenvalue weighted by molar-refractivity contribution is 0.0912. The third-order valence-electron chi connectivity index (χ3n) is 3.08. The van der Waals surface area contributed by atoms with E-state index in [0.29, 0.717) is 10.6 Å². The molecule has 5 heteroatoms. The molecule has 1 aromatic carbocycles. The molecule has 0 aromatic heterocycles. The molecule has 1 N–H and O–H groups in total. The van der Waals surface area contributed by atoms with Gasteiger partial charge in [0.2, 0.25) is 0 Å². The number of carbonyl (C=O) groups excluding carboxylic acids is 1. The Labute approximate surface area is 121 Å². The Hall–Kier alpha value is -0.580. The maximum absolute atomic E-state index is 12.1. The summed E-state index contributed by atoms with van der Waals surface area (Å²) in [6.07, 6.45) is 2.17. The summed E-state index contributed by atoms with van der Waals surface area (Å²) in [4.78, 5) is 14.4. The predicted molar refractivity (Wildman–Crippen MR) is 77.1 cm³/mol. The van der Waals surface area contributed by atoms with Gasteiger partial charge in [0.15, 0.2) is 0 Å². The molecule has 0 radical (unpaired) electrons. The molecule has 1 atom stereocenters. The van der Waals surface area contributed by atoms with E-state index in [2.05, 4.69) is 33.2 Å². The normalized spacial score (nSPS) is 20.7. The van der Waals surface area contributed by atoms with Crippen LogP contribution in [0.15, 0.2) is 22.7 Å². The van der Waals surface area contributed by atoms with Crippen molar-refractivity contribution in [3.8, 4) is 0 Å². The van der Waals surface area contributed by atoms with Crippen molar-refractivity contribution >= 4 is 33.4 Å². The molecule has 98 valence electrons. The third-order valence-corrected chi connectivity index (χ3v) is 3.76. The van der Waals surface area contributed by atoms with Crippen LogP contribution in [0.5, 0.6) is 0 Å². The number of rotatable bonds is 2. The molecule has 1 aromatic rings. The summed E-state index contributed by atoms with van der Waals surface area (Å²) in [7, 11) is 2.08. The highest BCUT2D eigenvalue weighted by Gasteiger charge is 2.19. The van der Waals surface area contributed by atoms with Gasteiger partial charge < -0.3 is 10.2 Å². The van der Waals surface area contributed by atoms with Crippen molar-refractivity contribution in [2.24, 2.45) is 0 Å². The molecule has 0 aliphatic carbocycles. The number of nitrogens with one attached hydrogen (secondary N) is 1. The second kappa shape index (κ2) is 6.04. The van der Waals surface area contributed by atoms with Crippen molar-refractivity contribution < 1.29 is 4.79 Å². The fourth-order valence-corrected chi connectivity index (χ4v) is 3.10. The van der Waals surface area contributed by atoms with Crippen molar-refractivity contribution in [1.29, 1.82) is 0 Å². The first-order valence-electron chi connectivity index (χ1n) is 6.00. The fourth-order valence-electron chi connectivity index (χ4n) is 2.24.